The Bertz CT molecular complexity index is 374. The molecule has 0 aliphatic heterocycles. The summed E-state index contributed by atoms with van der Waals surface area (Å²) in [6.45, 7) is 5.77. The first-order valence-corrected chi connectivity index (χ1v) is 6.11. The van der Waals surface area contributed by atoms with Gasteiger partial charge >= 0.3 is 0 Å². The molecule has 0 spiro atoms. The highest BCUT2D eigenvalue weighted by Crippen LogP contribution is 2.11. The minimum atomic E-state index is 0.106. The monoisotopic (exact) mass is 234 g/mol. The Kier molecular flexibility index (Phi) is 5.70. The van der Waals surface area contributed by atoms with Crippen LogP contribution in [0.25, 0.3) is 0 Å². The summed E-state index contributed by atoms with van der Waals surface area (Å²) in [5.41, 5.74) is 3.51. The van der Waals surface area contributed by atoms with Gasteiger partial charge in [-0.05, 0) is 45.0 Å². The van der Waals surface area contributed by atoms with Crippen molar-refractivity contribution in [1.82, 2.24) is 10.6 Å². The molecule has 3 heteroatoms. The molecule has 0 radical (unpaired) electrons. The Balaban J connectivity index is 2.42. The van der Waals surface area contributed by atoms with Crippen LogP contribution < -0.4 is 10.6 Å². The van der Waals surface area contributed by atoms with Crippen LogP contribution in [0.4, 0.5) is 0 Å². The maximum atomic E-state index is 11.7. The van der Waals surface area contributed by atoms with Crippen LogP contribution >= 0.6 is 0 Å². The van der Waals surface area contributed by atoms with Gasteiger partial charge in [0.1, 0.15) is 0 Å². The maximum absolute atomic E-state index is 11.7. The summed E-state index contributed by atoms with van der Waals surface area (Å²) in [6.07, 6.45) is 1.45. The first-order chi connectivity index (χ1) is 8.13. The van der Waals surface area contributed by atoms with Crippen molar-refractivity contribution >= 4 is 5.91 Å². The zero-order chi connectivity index (χ0) is 12.7. The van der Waals surface area contributed by atoms with E-state index in [4.69, 9.17) is 0 Å². The minimum Gasteiger partial charge on any atom is -0.356 e. The lowest BCUT2D eigenvalue weighted by Gasteiger charge is -2.08. The second-order valence-corrected chi connectivity index (χ2v) is 4.41. The molecule has 2 N–H and O–H groups in total. The predicted molar refractivity (Wildman–Crippen MR) is 71.2 cm³/mol. The number of carbonyl (C=O) groups is 1. The van der Waals surface area contributed by atoms with Crippen LogP contribution in [0.5, 0.6) is 0 Å². The molecule has 1 aromatic rings. The van der Waals surface area contributed by atoms with E-state index in [1.807, 2.05) is 20.9 Å². The fourth-order valence-corrected chi connectivity index (χ4v) is 1.72. The van der Waals surface area contributed by atoms with E-state index in [-0.39, 0.29) is 5.91 Å². The van der Waals surface area contributed by atoms with Crippen LogP contribution in [0.2, 0.25) is 0 Å². The quantitative estimate of drug-likeness (QED) is 0.734. The van der Waals surface area contributed by atoms with Crippen LogP contribution in [0.3, 0.4) is 0 Å². The molecule has 0 unspecified atom stereocenters. The Morgan fingerprint density at radius 1 is 1.24 bits per heavy atom. The van der Waals surface area contributed by atoms with Crippen molar-refractivity contribution in [2.75, 3.05) is 20.1 Å². The molecule has 1 rings (SSSR count). The molecule has 1 aromatic carbocycles. The number of benzene rings is 1. The van der Waals surface area contributed by atoms with E-state index in [1.165, 1.54) is 11.1 Å². The van der Waals surface area contributed by atoms with Crippen LogP contribution in [-0.4, -0.2) is 26.0 Å². The van der Waals surface area contributed by atoms with Gasteiger partial charge in [0.05, 0.1) is 6.42 Å². The van der Waals surface area contributed by atoms with Crippen molar-refractivity contribution in [2.24, 2.45) is 0 Å². The van der Waals surface area contributed by atoms with Crippen LogP contribution in [0.15, 0.2) is 18.2 Å². The number of aryl methyl sites for hydroxylation is 2. The molecule has 0 atom stereocenters. The van der Waals surface area contributed by atoms with Gasteiger partial charge in [-0.3, -0.25) is 4.79 Å². The van der Waals surface area contributed by atoms with E-state index >= 15 is 0 Å². The summed E-state index contributed by atoms with van der Waals surface area (Å²) in [5, 5.41) is 5.99. The highest BCUT2D eigenvalue weighted by atomic mass is 16.1. The van der Waals surface area contributed by atoms with Gasteiger partial charge in [0.15, 0.2) is 0 Å². The van der Waals surface area contributed by atoms with Gasteiger partial charge < -0.3 is 10.6 Å². The van der Waals surface area contributed by atoms with Gasteiger partial charge in [0.2, 0.25) is 5.91 Å². The third-order valence-corrected chi connectivity index (χ3v) is 2.78. The van der Waals surface area contributed by atoms with Crippen molar-refractivity contribution < 1.29 is 4.79 Å². The second-order valence-electron chi connectivity index (χ2n) is 4.41. The molecule has 0 aliphatic carbocycles. The molecular formula is C14H22N2O. The summed E-state index contributed by atoms with van der Waals surface area (Å²) in [7, 11) is 1.91. The molecular weight excluding hydrogens is 212 g/mol. The number of amides is 1. The number of hydrogen-bond acceptors (Lipinski definition) is 2. The normalized spacial score (nSPS) is 10.3. The molecule has 3 nitrogen and oxygen atoms in total. The number of hydrogen-bond donors (Lipinski definition) is 2. The number of carbonyl (C=O) groups excluding carboxylic acids is 1. The van der Waals surface area contributed by atoms with Crippen molar-refractivity contribution in [3.8, 4) is 0 Å². The molecule has 0 heterocycles. The topological polar surface area (TPSA) is 41.1 Å². The average Bonchev–Trinajstić information content (AvgIpc) is 2.29. The average molecular weight is 234 g/mol. The standard InChI is InChI=1S/C14H22N2O/c1-11-5-6-12(2)13(9-11)10-14(17)16-8-4-7-15-3/h5-6,9,15H,4,7-8,10H2,1-3H3,(H,16,17). The van der Waals surface area contributed by atoms with E-state index < -0.39 is 0 Å². The molecule has 0 saturated carbocycles. The molecule has 94 valence electrons. The fourth-order valence-electron chi connectivity index (χ4n) is 1.72. The second kappa shape index (κ2) is 7.07. The molecule has 0 bridgehead atoms. The molecule has 0 fully saturated rings. The third-order valence-electron chi connectivity index (χ3n) is 2.78. The molecule has 0 saturated heterocycles. The van der Waals surface area contributed by atoms with Gasteiger partial charge in [0, 0.05) is 6.54 Å². The van der Waals surface area contributed by atoms with Crippen molar-refractivity contribution in [2.45, 2.75) is 26.7 Å². The Hall–Kier alpha value is -1.35. The van der Waals surface area contributed by atoms with Crippen molar-refractivity contribution in [3.05, 3.63) is 34.9 Å². The Morgan fingerprint density at radius 2 is 2.00 bits per heavy atom. The smallest absolute Gasteiger partial charge is 0.224 e. The molecule has 0 aliphatic rings. The molecule has 17 heavy (non-hydrogen) atoms. The fraction of sp³-hybridized carbons (Fsp3) is 0.500. The van der Waals surface area contributed by atoms with Crippen LogP contribution in [0, 0.1) is 13.8 Å². The van der Waals surface area contributed by atoms with Crippen LogP contribution in [-0.2, 0) is 11.2 Å². The summed E-state index contributed by atoms with van der Waals surface area (Å²) < 4.78 is 0. The van der Waals surface area contributed by atoms with Crippen LogP contribution in [0.1, 0.15) is 23.1 Å². The van der Waals surface area contributed by atoms with Gasteiger partial charge in [0.25, 0.3) is 0 Å². The largest absolute Gasteiger partial charge is 0.356 e. The Morgan fingerprint density at radius 3 is 2.71 bits per heavy atom. The van der Waals surface area contributed by atoms with Gasteiger partial charge in [-0.15, -0.1) is 0 Å². The highest BCUT2D eigenvalue weighted by molar-refractivity contribution is 5.78. The predicted octanol–water partition coefficient (Wildman–Crippen LogP) is 1.57. The number of rotatable bonds is 6. The summed E-state index contributed by atoms with van der Waals surface area (Å²) in [4.78, 5) is 11.7. The van der Waals surface area contributed by atoms with Gasteiger partial charge in [-0.1, -0.05) is 23.8 Å². The van der Waals surface area contributed by atoms with Crippen molar-refractivity contribution in [3.63, 3.8) is 0 Å². The van der Waals surface area contributed by atoms with E-state index in [1.54, 1.807) is 0 Å². The zero-order valence-electron chi connectivity index (χ0n) is 11.0. The van der Waals surface area contributed by atoms with E-state index in [0.717, 1.165) is 25.1 Å². The summed E-state index contributed by atoms with van der Waals surface area (Å²) >= 11 is 0. The summed E-state index contributed by atoms with van der Waals surface area (Å²) in [6, 6.07) is 6.23. The first-order valence-electron chi connectivity index (χ1n) is 6.11. The molecule has 1 amide bonds. The lowest BCUT2D eigenvalue weighted by atomic mass is 10.0. The summed E-state index contributed by atoms with van der Waals surface area (Å²) in [5.74, 6) is 0.106. The maximum Gasteiger partial charge on any atom is 0.224 e. The lowest BCUT2D eigenvalue weighted by Crippen LogP contribution is -2.28. The highest BCUT2D eigenvalue weighted by Gasteiger charge is 2.05. The lowest BCUT2D eigenvalue weighted by molar-refractivity contribution is -0.120. The van der Waals surface area contributed by atoms with E-state index in [9.17, 15) is 4.79 Å². The van der Waals surface area contributed by atoms with Crippen molar-refractivity contribution in [1.29, 1.82) is 0 Å². The Labute approximate surface area is 104 Å². The van der Waals surface area contributed by atoms with E-state index in [2.05, 4.69) is 28.8 Å². The van der Waals surface area contributed by atoms with E-state index in [0.29, 0.717) is 6.42 Å². The van der Waals surface area contributed by atoms with Gasteiger partial charge in [-0.2, -0.15) is 0 Å². The molecule has 0 aromatic heterocycles. The minimum absolute atomic E-state index is 0.106. The zero-order valence-corrected chi connectivity index (χ0v) is 11.0. The SMILES string of the molecule is CNCCCNC(=O)Cc1cc(C)ccc1C. The number of nitrogens with one attached hydrogen (secondary N) is 2. The third kappa shape index (κ3) is 5.00. The first kappa shape index (κ1) is 13.7. The van der Waals surface area contributed by atoms with Gasteiger partial charge in [-0.25, -0.2) is 0 Å².